The van der Waals surface area contributed by atoms with Crippen LogP contribution in [0.25, 0.3) is 10.8 Å². The van der Waals surface area contributed by atoms with Gasteiger partial charge in [0.05, 0.1) is 7.11 Å². The maximum absolute atomic E-state index is 12.4. The first-order chi connectivity index (χ1) is 22.9. The molecule has 0 atom stereocenters. The van der Waals surface area contributed by atoms with Crippen LogP contribution in [0.1, 0.15) is 0 Å². The fourth-order valence-electron chi connectivity index (χ4n) is 4.40. The first-order valence-corrected chi connectivity index (χ1v) is 18.1. The smallest absolute Gasteiger partial charge is 0.296 e. The molecule has 18 nitrogen and oxygen atoms in total. The van der Waals surface area contributed by atoms with Crippen LogP contribution in [0.3, 0.4) is 0 Å². The maximum Gasteiger partial charge on any atom is 0.296 e. The Kier molecular flexibility index (Phi) is 16.4. The number of hydrogen-bond acceptors (Lipinski definition) is 15. The third-order valence-corrected chi connectivity index (χ3v) is 8.99. The third kappa shape index (κ3) is 11.5. The van der Waals surface area contributed by atoms with Gasteiger partial charge in [0, 0.05) is 111 Å². The van der Waals surface area contributed by atoms with Gasteiger partial charge in [0.15, 0.2) is 11.6 Å². The number of halogens is 1. The molecule has 0 bridgehead atoms. The molecule has 4 aromatic carbocycles. The number of anilines is 4. The minimum Gasteiger partial charge on any atom is -0.505 e. The van der Waals surface area contributed by atoms with Gasteiger partial charge in [-0.05, 0) is 65.5 Å². The maximum atomic E-state index is 12.4. The summed E-state index contributed by atoms with van der Waals surface area (Å²) in [6.45, 7) is 0. The number of nitrogens with zero attached hydrogens (tertiary/aromatic N) is 6. The summed E-state index contributed by atoms with van der Waals surface area (Å²) in [5.74, 6) is -2.12. The van der Waals surface area contributed by atoms with Crippen molar-refractivity contribution in [2.24, 2.45) is 10.2 Å². The van der Waals surface area contributed by atoms with E-state index in [0.717, 1.165) is 23.1 Å². The Labute approximate surface area is 368 Å². The molecule has 0 aliphatic rings. The zero-order valence-corrected chi connectivity index (χ0v) is 36.8. The van der Waals surface area contributed by atoms with Crippen molar-refractivity contribution < 1.29 is 48.8 Å². The van der Waals surface area contributed by atoms with Crippen LogP contribution in [0.15, 0.2) is 92.8 Å². The summed E-state index contributed by atoms with van der Waals surface area (Å²) in [5.41, 5.74) is -0.711. The number of methoxy groups -OCH3 is 1. The van der Waals surface area contributed by atoms with Crippen LogP contribution in [0.2, 0.25) is 5.28 Å². The van der Waals surface area contributed by atoms with Crippen molar-refractivity contribution in [1.82, 2.24) is 15.0 Å². The number of aromatic hydroxyl groups is 1. The molecule has 0 amide bonds. The molecule has 1 aromatic heterocycles. The zero-order chi connectivity index (χ0) is 35.7. The van der Waals surface area contributed by atoms with Crippen LogP contribution in [-0.4, -0.2) is 161 Å². The van der Waals surface area contributed by atoms with Crippen LogP contribution in [0, 0.1) is 0 Å². The largest absolute Gasteiger partial charge is 0.505 e. The van der Waals surface area contributed by atoms with Gasteiger partial charge in [-0.25, -0.2) is 0 Å². The fraction of sp³-hybridized carbons (Fsp3) is 0.0741. The molecule has 0 spiro atoms. The van der Waals surface area contributed by atoms with Crippen LogP contribution >= 0.6 is 11.6 Å². The monoisotopic (exact) mass is 820 g/mol. The van der Waals surface area contributed by atoms with Gasteiger partial charge >= 0.3 is 0 Å². The number of azo groups is 1. The number of para-hydroxylation sites is 1. The molecular weight excluding hydrogens is 799 g/mol. The first-order valence-electron chi connectivity index (χ1n) is 13.2. The normalized spacial score (nSPS) is 11.6. The van der Waals surface area contributed by atoms with Gasteiger partial charge in [-0.15, -0.1) is 10.2 Å². The molecule has 5 N–H and O–H groups in total. The quantitative estimate of drug-likeness (QED) is 0.0718. The molecule has 0 aliphatic carbocycles. The predicted octanol–water partition coefficient (Wildman–Crippen LogP) is 3.89. The van der Waals surface area contributed by atoms with Crippen molar-refractivity contribution in [3.05, 3.63) is 78.1 Å². The van der Waals surface area contributed by atoms with Crippen molar-refractivity contribution in [2.45, 2.75) is 9.79 Å². The van der Waals surface area contributed by atoms with E-state index in [0.29, 0.717) is 5.69 Å². The number of rotatable bonds is 11. The van der Waals surface area contributed by atoms with E-state index in [1.54, 1.807) is 18.2 Å². The van der Waals surface area contributed by atoms with Crippen LogP contribution < -0.4 is 15.0 Å². The molecule has 0 aliphatic heterocycles. The average molecular weight is 821 g/mol. The molecule has 0 fully saturated rings. The van der Waals surface area contributed by atoms with Gasteiger partial charge < -0.3 is 15.2 Å². The third-order valence-electron chi connectivity index (χ3n) is 6.49. The van der Waals surface area contributed by atoms with Gasteiger partial charge in [-0.3, -0.25) is 18.6 Å². The number of phenolic OH excluding ortho intramolecular Hbond substituents is 1. The van der Waals surface area contributed by atoms with E-state index in [1.165, 1.54) is 43.5 Å². The van der Waals surface area contributed by atoms with Crippen LogP contribution in [0.5, 0.6) is 11.5 Å². The molecule has 5 aromatic rings. The summed E-state index contributed by atoms with van der Waals surface area (Å²) in [6, 6.07) is 16.3. The van der Waals surface area contributed by atoms with Crippen molar-refractivity contribution in [2.75, 3.05) is 23.2 Å². The minimum absolute atomic E-state index is 0. The first kappa shape index (κ1) is 46.1. The van der Waals surface area contributed by atoms with Gasteiger partial charge in [-0.2, -0.15) is 40.2 Å². The molecule has 0 unspecified atom stereocenters. The summed E-state index contributed by atoms with van der Waals surface area (Å²) >= 11 is 6.11. The summed E-state index contributed by atoms with van der Waals surface area (Å²) in [4.78, 5) is 11.6. The fourth-order valence-corrected chi connectivity index (χ4v) is 6.44. The van der Waals surface area contributed by atoms with E-state index in [-0.39, 0.29) is 128 Å². The van der Waals surface area contributed by atoms with E-state index in [9.17, 15) is 44.0 Å². The van der Waals surface area contributed by atoms with Crippen LogP contribution in [0.4, 0.5) is 34.6 Å². The number of benzene rings is 4. The van der Waals surface area contributed by atoms with Crippen molar-refractivity contribution in [3.8, 4) is 11.5 Å². The summed E-state index contributed by atoms with van der Waals surface area (Å²) in [7, 11) is -13.3. The minimum atomic E-state index is -5.08. The Morgan fingerprint density at radius 3 is 2.06 bits per heavy atom. The molecule has 0 saturated heterocycles. The molecule has 52 heavy (non-hydrogen) atoms. The van der Waals surface area contributed by atoms with Crippen molar-refractivity contribution in [1.29, 1.82) is 0 Å². The summed E-state index contributed by atoms with van der Waals surface area (Å²) < 4.78 is 106. The van der Waals surface area contributed by atoms with Crippen molar-refractivity contribution in [3.63, 3.8) is 0 Å². The molecule has 5 rings (SSSR count). The average Bonchev–Trinajstić information content (AvgIpc) is 3.02. The second kappa shape index (κ2) is 18.5. The standard InChI is InChI=1S/C27H22ClN7O11S3.3Na/c1-46-18-8-10-20(21(13-18)48(40,41)42)33-34-23-22(49(43,44)45)12-15-11-16(7-9-19(15)24(23)36)29-26-30-25(28)31-27(32-26)35(14-47(37,38)39)17-5-3-2-4-6-17;;;/h2-13,36H,14H2,1H3,(H,37,38,39)(H,40,41,42)(H,43,44,45)(H,29,30,31,32);;;. The Morgan fingerprint density at radius 2 is 1.46 bits per heavy atom. The SMILES string of the molecule is COc1ccc(N=Nc2c(S(=O)(=O)O)cc3cc(Nc4nc(Cl)nc(N(CS(=O)(=O)O)c5ccccc5)n4)ccc3c2O)c(S(=O)(=O)O)c1.[Na].[Na].[Na]. The van der Waals surface area contributed by atoms with E-state index >= 15 is 0 Å². The molecule has 25 heteroatoms. The Bertz CT molecular complexity index is 2470. The number of fused-ring (bicyclic) bond motifs is 1. The Hall–Kier alpha value is -2.03. The molecular formula is C27H22ClN7Na3O11S3. The van der Waals surface area contributed by atoms with E-state index < -0.39 is 63.1 Å². The Morgan fingerprint density at radius 1 is 0.808 bits per heavy atom. The molecule has 1 heterocycles. The summed E-state index contributed by atoms with van der Waals surface area (Å²) in [5, 5.41) is 20.9. The number of ether oxygens (including phenoxy) is 1. The topological polar surface area (TPSA) is 271 Å². The number of hydrogen-bond donors (Lipinski definition) is 5. The second-order valence-corrected chi connectivity index (χ2v) is 14.4. The molecule has 3 radical (unpaired) electrons. The Balaban J connectivity index is 0.00000312. The number of phenols is 1. The number of nitrogens with one attached hydrogen (secondary N) is 1. The number of aromatic nitrogens is 3. The molecule has 259 valence electrons. The van der Waals surface area contributed by atoms with Gasteiger partial charge in [0.1, 0.15) is 26.9 Å². The van der Waals surface area contributed by atoms with Crippen molar-refractivity contribution >= 4 is 176 Å². The predicted molar refractivity (Wildman–Crippen MR) is 193 cm³/mol. The van der Waals surface area contributed by atoms with E-state index in [4.69, 9.17) is 16.3 Å². The second-order valence-electron chi connectivity index (χ2n) is 9.82. The zero-order valence-electron chi connectivity index (χ0n) is 27.6. The van der Waals surface area contributed by atoms with Gasteiger partial charge in [0.2, 0.25) is 17.2 Å². The summed E-state index contributed by atoms with van der Waals surface area (Å²) in [6.07, 6.45) is 0. The molecule has 0 saturated carbocycles. The van der Waals surface area contributed by atoms with E-state index in [2.05, 4.69) is 30.5 Å². The van der Waals surface area contributed by atoms with Crippen LogP contribution in [-0.2, 0) is 30.4 Å². The van der Waals surface area contributed by atoms with E-state index in [1.807, 2.05) is 0 Å². The van der Waals surface area contributed by atoms with Gasteiger partial charge in [-0.1, -0.05) is 18.2 Å². The van der Waals surface area contributed by atoms with Gasteiger partial charge in [0.25, 0.3) is 30.4 Å².